The van der Waals surface area contributed by atoms with Gasteiger partial charge in [0.2, 0.25) is 0 Å². The van der Waals surface area contributed by atoms with Crippen LogP contribution in [0, 0.1) is 0 Å². The van der Waals surface area contributed by atoms with Crippen LogP contribution in [0.1, 0.15) is 130 Å². The van der Waals surface area contributed by atoms with Crippen LogP contribution >= 0.6 is 16.5 Å². The molecule has 0 fully saturated rings. The molecule has 8 heteroatoms. The number of fused-ring (bicyclic) bond motifs is 6. The van der Waals surface area contributed by atoms with Gasteiger partial charge in [-0.05, 0) is 76.0 Å². The van der Waals surface area contributed by atoms with Crippen LogP contribution in [0.2, 0.25) is 0 Å². The molecule has 2 aliphatic rings. The third-order valence-corrected chi connectivity index (χ3v) is 13.1. The summed E-state index contributed by atoms with van der Waals surface area (Å²) >= 11 is 0. The first-order valence-electron chi connectivity index (χ1n) is 20.8. The smallest absolute Gasteiger partial charge is 0.390 e. The monoisotopic (exact) mass is 838 g/mol. The summed E-state index contributed by atoms with van der Waals surface area (Å²) in [5.74, 6) is 2.02. The molecule has 310 valence electrons. The van der Waals surface area contributed by atoms with Crippen molar-refractivity contribution in [3.05, 3.63) is 128 Å². The molecule has 0 radical (unpaired) electrons. The lowest BCUT2D eigenvalue weighted by atomic mass is 9.75. The largest absolute Gasteiger partial charge is 0.453 e. The van der Waals surface area contributed by atoms with E-state index in [2.05, 4.69) is 143 Å². The summed E-state index contributed by atoms with van der Waals surface area (Å²) in [6.07, 6.45) is 9.87. The number of para-hydroxylation sites is 2. The predicted molar refractivity (Wildman–Crippen MR) is 250 cm³/mol. The summed E-state index contributed by atoms with van der Waals surface area (Å²) in [7, 11) is -3.98. The average molecular weight is 839 g/mol. The molecule has 0 aliphatic heterocycles. The van der Waals surface area contributed by atoms with Gasteiger partial charge in [0.15, 0.2) is 5.76 Å². The van der Waals surface area contributed by atoms with E-state index in [1.807, 2.05) is 48.6 Å². The Morgan fingerprint density at radius 3 is 1.48 bits per heavy atom. The van der Waals surface area contributed by atoms with Crippen LogP contribution in [0.3, 0.4) is 0 Å². The zero-order chi connectivity index (χ0) is 42.8. The molecule has 0 bridgehead atoms. The van der Waals surface area contributed by atoms with E-state index in [0.29, 0.717) is 28.4 Å². The topological polar surface area (TPSA) is 71.0 Å². The van der Waals surface area contributed by atoms with Gasteiger partial charge in [0.1, 0.15) is 28.1 Å². The van der Waals surface area contributed by atoms with Crippen molar-refractivity contribution in [1.82, 2.24) is 0 Å². The first-order valence-corrected chi connectivity index (χ1v) is 23.0. The fourth-order valence-corrected chi connectivity index (χ4v) is 9.79. The van der Waals surface area contributed by atoms with Crippen LogP contribution in [-0.4, -0.2) is 0 Å². The van der Waals surface area contributed by atoms with E-state index in [9.17, 15) is 0 Å². The first kappa shape index (κ1) is 41.5. The highest BCUT2D eigenvalue weighted by atomic mass is 31.1. The van der Waals surface area contributed by atoms with Crippen LogP contribution in [0.25, 0.3) is 57.4 Å². The summed E-state index contributed by atoms with van der Waals surface area (Å²) in [6.45, 7) is 26.9. The lowest BCUT2D eigenvalue weighted by Crippen LogP contribution is -2.27. The van der Waals surface area contributed by atoms with Crippen molar-refractivity contribution >= 4 is 62.7 Å². The van der Waals surface area contributed by atoms with Crippen molar-refractivity contribution in [2.24, 2.45) is 0 Å². The summed E-state index contributed by atoms with van der Waals surface area (Å²) in [5.41, 5.74) is 14.4. The van der Waals surface area contributed by atoms with Crippen LogP contribution < -0.4 is 19.7 Å². The Balaban J connectivity index is 1.49. The molecule has 2 aliphatic carbocycles. The van der Waals surface area contributed by atoms with E-state index in [-0.39, 0.29) is 21.7 Å². The standard InChI is InChI=1S/C52H56O6P2/c1-49(2,3)33-29-39(47(41(31-33)51(7,8)9)57-59-53-43-25-17-13-21-35(43)36-22-14-18-26-44(36)54-59)40-30-34(50(4,5)6)32-42(52(10,11)12)48(40)58-60-55-45-27-19-15-23-37(45)38-24-16-20-28-46(38)56-60/h13-14,17-18,21-32H,15,19H2,1-12H3. The minimum absolute atomic E-state index is 0.202. The van der Waals surface area contributed by atoms with E-state index in [4.69, 9.17) is 25.8 Å². The van der Waals surface area contributed by atoms with Crippen LogP contribution in [0.15, 0.2) is 101 Å². The van der Waals surface area contributed by atoms with Gasteiger partial charge in [-0.2, -0.15) is 0 Å². The van der Waals surface area contributed by atoms with Gasteiger partial charge in [-0.25, -0.2) is 0 Å². The van der Waals surface area contributed by atoms with Gasteiger partial charge < -0.3 is 25.8 Å². The van der Waals surface area contributed by atoms with Gasteiger partial charge >= 0.3 is 16.5 Å². The molecule has 2 heterocycles. The molecule has 6 aromatic rings. The molecule has 0 spiro atoms. The van der Waals surface area contributed by atoms with Gasteiger partial charge in [-0.3, -0.25) is 0 Å². The van der Waals surface area contributed by atoms with Crippen molar-refractivity contribution in [3.8, 4) is 22.6 Å². The molecule has 4 aromatic carbocycles. The molecule has 6 nitrogen and oxygen atoms in total. The lowest BCUT2D eigenvalue weighted by Gasteiger charge is -2.31. The van der Waals surface area contributed by atoms with Crippen molar-refractivity contribution in [3.63, 3.8) is 0 Å². The normalized spacial score (nSPS) is 14.0. The highest BCUT2D eigenvalue weighted by Crippen LogP contribution is 2.53. The van der Waals surface area contributed by atoms with Crippen molar-refractivity contribution in [2.45, 2.75) is 118 Å². The second kappa shape index (κ2) is 15.4. The number of hydrogen-bond donors (Lipinski definition) is 0. The summed E-state index contributed by atoms with van der Waals surface area (Å²) in [5, 5.41) is 2.91. The molecule has 0 saturated heterocycles. The van der Waals surface area contributed by atoms with Gasteiger partial charge in [-0.15, -0.1) is 0 Å². The van der Waals surface area contributed by atoms with Crippen LogP contribution in [-0.2, 0) is 21.7 Å². The fourth-order valence-electron chi connectivity index (χ4n) is 7.59. The van der Waals surface area contributed by atoms with Gasteiger partial charge in [-0.1, -0.05) is 149 Å². The van der Waals surface area contributed by atoms with Crippen LogP contribution in [0.5, 0.6) is 11.5 Å². The highest BCUT2D eigenvalue weighted by Gasteiger charge is 2.33. The van der Waals surface area contributed by atoms with E-state index in [1.165, 1.54) is 11.1 Å². The minimum atomic E-state index is -1.99. The van der Waals surface area contributed by atoms with E-state index in [1.54, 1.807) is 0 Å². The minimum Gasteiger partial charge on any atom is -0.390 e. The second-order valence-corrected chi connectivity index (χ2v) is 21.9. The van der Waals surface area contributed by atoms with Crippen molar-refractivity contribution < 1.29 is 25.8 Å². The Kier molecular flexibility index (Phi) is 10.6. The van der Waals surface area contributed by atoms with Gasteiger partial charge in [0, 0.05) is 56.0 Å². The van der Waals surface area contributed by atoms with E-state index < -0.39 is 16.5 Å². The lowest BCUT2D eigenvalue weighted by molar-refractivity contribution is 0.446. The second-order valence-electron chi connectivity index (χ2n) is 19.9. The van der Waals surface area contributed by atoms with Crippen molar-refractivity contribution in [2.75, 3.05) is 0 Å². The highest BCUT2D eigenvalue weighted by molar-refractivity contribution is 7.32. The molecule has 0 N–H and O–H groups in total. The van der Waals surface area contributed by atoms with Crippen LogP contribution in [0.4, 0.5) is 0 Å². The molecule has 1 unspecified atom stereocenters. The molecule has 8 rings (SSSR count). The predicted octanol–water partition coefficient (Wildman–Crippen LogP) is 15.3. The first-order chi connectivity index (χ1) is 28.3. The Morgan fingerprint density at radius 1 is 0.517 bits per heavy atom. The van der Waals surface area contributed by atoms with E-state index >= 15 is 0 Å². The number of benzene rings is 4. The number of rotatable bonds is 5. The molecular formula is C52H56O6P2. The quantitative estimate of drug-likeness (QED) is 0.161. The van der Waals surface area contributed by atoms with Gasteiger partial charge in [0.05, 0.1) is 0 Å². The maximum absolute atomic E-state index is 7.28. The molecule has 60 heavy (non-hydrogen) atoms. The zero-order valence-corrected chi connectivity index (χ0v) is 38.8. The molecule has 0 saturated carbocycles. The molecular weight excluding hydrogens is 783 g/mol. The van der Waals surface area contributed by atoms with Gasteiger partial charge in [0.25, 0.3) is 0 Å². The Morgan fingerprint density at radius 2 is 0.983 bits per heavy atom. The maximum atomic E-state index is 7.28. The van der Waals surface area contributed by atoms with E-state index in [0.717, 1.165) is 62.1 Å². The third-order valence-electron chi connectivity index (χ3n) is 11.1. The maximum Gasteiger partial charge on any atom is 0.453 e. The summed E-state index contributed by atoms with van der Waals surface area (Å²) in [4.78, 5) is 0. The summed E-state index contributed by atoms with van der Waals surface area (Å²) in [6, 6.07) is 25.2. The molecule has 0 amide bonds. The number of hydrogen-bond acceptors (Lipinski definition) is 6. The van der Waals surface area contributed by atoms with Crippen molar-refractivity contribution in [1.29, 1.82) is 0 Å². The Hall–Kier alpha value is -5.20. The molecule has 1 atom stereocenters. The zero-order valence-electron chi connectivity index (χ0n) is 37.0. The summed E-state index contributed by atoms with van der Waals surface area (Å²) < 4.78 is 41.5. The average Bonchev–Trinajstić information content (AvgIpc) is 3.43. The SMILES string of the molecule is CC(C)(C)c1cc(-c2cc(C(C)(C)C)cc(C(C)(C)C)c2Op2oc3ccccc3c3ccccc3o2)c(Op2oc3c(c4c(o2)=CCCC=4)C=C=C=C3)c(C(C)(C)C)c1. The Bertz CT molecular complexity index is 2940. The molecule has 2 aromatic heterocycles. The third kappa shape index (κ3) is 8.28. The fraction of sp³-hybridized carbons (Fsp3) is 0.346. The Labute approximate surface area is 355 Å².